The molecule has 0 fully saturated rings. The highest BCUT2D eigenvalue weighted by Gasteiger charge is 2.08. The number of likely N-dealkylation sites (N-methyl/N-ethyl adjacent to an activating group) is 1. The Balaban J connectivity index is 2.44. The molecule has 0 amide bonds. The predicted octanol–water partition coefficient (Wildman–Crippen LogP) is 1.75. The molecule has 90 valence electrons. The van der Waals surface area contributed by atoms with E-state index >= 15 is 0 Å². The van der Waals surface area contributed by atoms with Crippen molar-refractivity contribution in [1.29, 1.82) is 0 Å². The van der Waals surface area contributed by atoms with Crippen molar-refractivity contribution < 1.29 is 4.74 Å². The highest BCUT2D eigenvalue weighted by atomic mass is 35.5. The Bertz CT molecular complexity index is 298. The molecule has 0 aliphatic carbocycles. The van der Waals surface area contributed by atoms with Gasteiger partial charge in [0, 0.05) is 31.8 Å². The van der Waals surface area contributed by atoms with Crippen molar-refractivity contribution in [2.75, 3.05) is 27.2 Å². The minimum Gasteiger partial charge on any atom is -0.379 e. The number of ether oxygens (including phenoxy) is 1. The highest BCUT2D eigenvalue weighted by Crippen LogP contribution is 2.11. The summed E-state index contributed by atoms with van der Waals surface area (Å²) in [4.78, 5) is 2.18. The molecule has 0 radical (unpaired) electrons. The number of methoxy groups -OCH3 is 1. The first-order chi connectivity index (χ1) is 7.65. The molecule has 16 heavy (non-hydrogen) atoms. The first-order valence-corrected chi connectivity index (χ1v) is 5.69. The molecule has 0 aliphatic heterocycles. The molecule has 0 spiro atoms. The van der Waals surface area contributed by atoms with Gasteiger partial charge in [-0.3, -0.25) is 4.90 Å². The number of benzene rings is 1. The lowest BCUT2D eigenvalue weighted by Gasteiger charge is -2.22. The first-order valence-electron chi connectivity index (χ1n) is 5.31. The molecule has 0 saturated carbocycles. The minimum atomic E-state index is 0.0947. The van der Waals surface area contributed by atoms with Crippen LogP contribution < -0.4 is 5.73 Å². The van der Waals surface area contributed by atoms with Crippen LogP contribution in [0.1, 0.15) is 5.56 Å². The third-order valence-corrected chi connectivity index (χ3v) is 2.73. The third kappa shape index (κ3) is 4.49. The summed E-state index contributed by atoms with van der Waals surface area (Å²) < 4.78 is 5.24. The van der Waals surface area contributed by atoms with Gasteiger partial charge in [-0.15, -0.1) is 0 Å². The van der Waals surface area contributed by atoms with Crippen molar-refractivity contribution >= 4 is 11.6 Å². The Morgan fingerprint density at radius 2 is 2.00 bits per heavy atom. The van der Waals surface area contributed by atoms with Gasteiger partial charge >= 0.3 is 0 Å². The van der Waals surface area contributed by atoms with Crippen molar-refractivity contribution in [3.8, 4) is 0 Å². The van der Waals surface area contributed by atoms with Crippen molar-refractivity contribution in [1.82, 2.24) is 4.90 Å². The molecule has 2 N–H and O–H groups in total. The lowest BCUT2D eigenvalue weighted by molar-refractivity contribution is 0.0761. The molecule has 1 rings (SSSR count). The van der Waals surface area contributed by atoms with Crippen molar-refractivity contribution in [2.24, 2.45) is 5.73 Å². The SMILES string of the molecule is COC(CN)CN(C)Cc1ccc(Cl)cc1. The zero-order valence-electron chi connectivity index (χ0n) is 9.82. The van der Waals surface area contributed by atoms with Gasteiger partial charge in [0.25, 0.3) is 0 Å². The summed E-state index contributed by atoms with van der Waals surface area (Å²) in [7, 11) is 3.74. The third-order valence-electron chi connectivity index (χ3n) is 2.48. The van der Waals surface area contributed by atoms with E-state index in [1.54, 1.807) is 7.11 Å². The molecule has 3 nitrogen and oxygen atoms in total. The van der Waals surface area contributed by atoms with Crippen LogP contribution in [0.2, 0.25) is 5.02 Å². The average molecular weight is 243 g/mol. The van der Waals surface area contributed by atoms with E-state index in [1.165, 1.54) is 5.56 Å². The lowest BCUT2D eigenvalue weighted by atomic mass is 10.2. The van der Waals surface area contributed by atoms with Gasteiger partial charge in [0.15, 0.2) is 0 Å². The summed E-state index contributed by atoms with van der Waals surface area (Å²) in [5, 5.41) is 0.767. The van der Waals surface area contributed by atoms with Crippen LogP contribution in [0.3, 0.4) is 0 Å². The van der Waals surface area contributed by atoms with Gasteiger partial charge in [0.1, 0.15) is 0 Å². The number of nitrogens with two attached hydrogens (primary N) is 1. The van der Waals surface area contributed by atoms with Crippen molar-refractivity contribution in [3.63, 3.8) is 0 Å². The van der Waals surface area contributed by atoms with Crippen LogP contribution in [0.4, 0.5) is 0 Å². The number of hydrogen-bond acceptors (Lipinski definition) is 3. The van der Waals surface area contributed by atoms with E-state index in [2.05, 4.69) is 11.9 Å². The van der Waals surface area contributed by atoms with E-state index in [1.807, 2.05) is 24.3 Å². The zero-order valence-corrected chi connectivity index (χ0v) is 10.6. The second kappa shape index (κ2) is 6.86. The molecule has 1 unspecified atom stereocenters. The van der Waals surface area contributed by atoms with Gasteiger partial charge in [-0.25, -0.2) is 0 Å². The maximum absolute atomic E-state index is 5.83. The molecule has 0 aliphatic rings. The minimum absolute atomic E-state index is 0.0947. The summed E-state index contributed by atoms with van der Waals surface area (Å²) in [6.45, 7) is 2.24. The molecule has 1 atom stereocenters. The van der Waals surface area contributed by atoms with Crippen molar-refractivity contribution in [3.05, 3.63) is 34.9 Å². The van der Waals surface area contributed by atoms with Gasteiger partial charge < -0.3 is 10.5 Å². The molecule has 0 bridgehead atoms. The maximum Gasteiger partial charge on any atom is 0.0820 e. The molecule has 1 aromatic rings. The van der Waals surface area contributed by atoms with Crippen LogP contribution in [0.15, 0.2) is 24.3 Å². The first kappa shape index (κ1) is 13.5. The molecule has 4 heteroatoms. The second-order valence-corrected chi connectivity index (χ2v) is 4.35. The number of nitrogens with zero attached hydrogens (tertiary/aromatic N) is 1. The smallest absolute Gasteiger partial charge is 0.0820 e. The number of hydrogen-bond donors (Lipinski definition) is 1. The Hall–Kier alpha value is -0.610. The molecule has 0 aromatic heterocycles. The monoisotopic (exact) mass is 242 g/mol. The summed E-state index contributed by atoms with van der Waals surface area (Å²) in [6.07, 6.45) is 0.0947. The lowest BCUT2D eigenvalue weighted by Crippen LogP contribution is -2.35. The zero-order chi connectivity index (χ0) is 12.0. The average Bonchev–Trinajstić information content (AvgIpc) is 2.29. The Morgan fingerprint density at radius 1 is 1.38 bits per heavy atom. The number of halogens is 1. The maximum atomic E-state index is 5.83. The fourth-order valence-corrected chi connectivity index (χ4v) is 1.68. The quantitative estimate of drug-likeness (QED) is 0.826. The van der Waals surface area contributed by atoms with E-state index in [9.17, 15) is 0 Å². The summed E-state index contributed by atoms with van der Waals surface area (Å²) in [5.41, 5.74) is 6.81. The highest BCUT2D eigenvalue weighted by molar-refractivity contribution is 6.30. The van der Waals surface area contributed by atoms with Gasteiger partial charge in [-0.2, -0.15) is 0 Å². The number of rotatable bonds is 6. The molecule has 0 heterocycles. The van der Waals surface area contributed by atoms with E-state index in [-0.39, 0.29) is 6.10 Å². The fourth-order valence-electron chi connectivity index (χ4n) is 1.56. The topological polar surface area (TPSA) is 38.5 Å². The van der Waals surface area contributed by atoms with E-state index in [0.29, 0.717) is 6.54 Å². The fraction of sp³-hybridized carbons (Fsp3) is 0.500. The van der Waals surface area contributed by atoms with Gasteiger partial charge in [0.2, 0.25) is 0 Å². The summed E-state index contributed by atoms with van der Waals surface area (Å²) in [6, 6.07) is 7.87. The molecule has 0 saturated heterocycles. The van der Waals surface area contributed by atoms with Crippen LogP contribution >= 0.6 is 11.6 Å². The standard InChI is InChI=1S/C12H19ClN2O/c1-15(9-12(7-14)16-2)8-10-3-5-11(13)6-4-10/h3-6,12H,7-9,14H2,1-2H3. The van der Waals surface area contributed by atoms with E-state index in [0.717, 1.165) is 18.1 Å². The largest absolute Gasteiger partial charge is 0.379 e. The molecule has 1 aromatic carbocycles. The Labute approximate surface area is 102 Å². The van der Waals surface area contributed by atoms with Gasteiger partial charge in [-0.05, 0) is 24.7 Å². The predicted molar refractivity (Wildman–Crippen MR) is 67.6 cm³/mol. The Kier molecular flexibility index (Phi) is 5.77. The van der Waals surface area contributed by atoms with Gasteiger partial charge in [0.05, 0.1) is 6.10 Å². The van der Waals surface area contributed by atoms with Crippen molar-refractivity contribution in [2.45, 2.75) is 12.6 Å². The second-order valence-electron chi connectivity index (χ2n) is 3.92. The summed E-state index contributed by atoms with van der Waals surface area (Å²) in [5.74, 6) is 0. The van der Waals surface area contributed by atoms with Crippen LogP contribution in [0, 0.1) is 0 Å². The molecular formula is C12H19ClN2O. The van der Waals surface area contributed by atoms with E-state index in [4.69, 9.17) is 22.1 Å². The molecular weight excluding hydrogens is 224 g/mol. The van der Waals surface area contributed by atoms with Gasteiger partial charge in [-0.1, -0.05) is 23.7 Å². The Morgan fingerprint density at radius 3 is 2.50 bits per heavy atom. The van der Waals surface area contributed by atoms with E-state index < -0.39 is 0 Å². The van der Waals surface area contributed by atoms with Crippen LogP contribution in [0.5, 0.6) is 0 Å². The van der Waals surface area contributed by atoms with Crippen LogP contribution in [0.25, 0.3) is 0 Å². The normalized spacial score (nSPS) is 13.1. The van der Waals surface area contributed by atoms with Crippen LogP contribution in [-0.2, 0) is 11.3 Å². The van der Waals surface area contributed by atoms with Crippen LogP contribution in [-0.4, -0.2) is 38.3 Å². The summed E-state index contributed by atoms with van der Waals surface area (Å²) >= 11 is 5.83.